The van der Waals surface area contributed by atoms with Crippen molar-refractivity contribution >= 4 is 11.3 Å². The molecule has 0 saturated heterocycles. The molecule has 0 fully saturated rings. The van der Waals surface area contributed by atoms with Crippen molar-refractivity contribution in [1.29, 1.82) is 0 Å². The van der Waals surface area contributed by atoms with E-state index in [4.69, 9.17) is 5.73 Å². The molecular weight excluding hydrogens is 170 g/mol. The number of hydrogen-bond acceptors (Lipinski definition) is 1. The van der Waals surface area contributed by atoms with Gasteiger partial charge in [0.05, 0.1) is 0 Å². The topological polar surface area (TPSA) is 26.0 Å². The molecule has 0 bridgehead atoms. The summed E-state index contributed by atoms with van der Waals surface area (Å²) < 4.78 is 0. The summed E-state index contributed by atoms with van der Waals surface area (Å²) in [5, 5.41) is 0. The average Bonchev–Trinajstić information content (AvgIpc) is 2.21. The van der Waals surface area contributed by atoms with Crippen molar-refractivity contribution in [1.82, 2.24) is 0 Å². The van der Waals surface area contributed by atoms with Gasteiger partial charge in [-0.3, -0.25) is 0 Å². The highest BCUT2D eigenvalue weighted by atomic mass is 14.6. The van der Waals surface area contributed by atoms with E-state index in [9.17, 15) is 0 Å². The first-order valence-corrected chi connectivity index (χ1v) is 4.60. The number of hydrogen-bond donors (Lipinski definition) is 1. The van der Waals surface area contributed by atoms with Crippen LogP contribution in [0.4, 0.5) is 5.69 Å². The Labute approximate surface area is 85.3 Å². The normalized spacial score (nSPS) is 11.9. The summed E-state index contributed by atoms with van der Waals surface area (Å²) in [5.41, 5.74) is 8.71. The fourth-order valence-electron chi connectivity index (χ4n) is 1.23. The van der Waals surface area contributed by atoms with Gasteiger partial charge < -0.3 is 5.73 Å². The first-order valence-electron chi connectivity index (χ1n) is 4.60. The molecule has 0 amide bonds. The lowest BCUT2D eigenvalue weighted by Gasteiger charge is -2.04. The van der Waals surface area contributed by atoms with Gasteiger partial charge in [-0.25, -0.2) is 0 Å². The third-order valence-corrected chi connectivity index (χ3v) is 1.96. The zero-order valence-electron chi connectivity index (χ0n) is 8.40. The molecule has 0 aromatic heterocycles. The molecule has 0 radical (unpaired) electrons. The third kappa shape index (κ3) is 2.36. The van der Waals surface area contributed by atoms with Crippen molar-refractivity contribution in [2.24, 2.45) is 0 Å². The van der Waals surface area contributed by atoms with Crippen LogP contribution in [-0.4, -0.2) is 0 Å². The van der Waals surface area contributed by atoms with Crippen LogP contribution in [-0.2, 0) is 0 Å². The maximum absolute atomic E-state index is 5.86. The fourth-order valence-corrected chi connectivity index (χ4v) is 1.23. The highest BCUT2D eigenvalue weighted by Gasteiger charge is 1.99. The Bertz CT molecular complexity index is 373. The smallest absolute Gasteiger partial charge is 0.0393 e. The van der Waals surface area contributed by atoms with E-state index in [1.807, 2.05) is 55.5 Å². The van der Waals surface area contributed by atoms with Gasteiger partial charge in [-0.05, 0) is 18.6 Å². The quantitative estimate of drug-likeness (QED) is 0.566. The number of anilines is 1. The number of rotatable bonds is 3. The van der Waals surface area contributed by atoms with E-state index in [1.165, 1.54) is 0 Å². The molecule has 0 spiro atoms. The highest BCUT2D eigenvalue weighted by Crippen LogP contribution is 2.21. The first kappa shape index (κ1) is 10.3. The van der Waals surface area contributed by atoms with Crippen LogP contribution in [0.3, 0.4) is 0 Å². The van der Waals surface area contributed by atoms with Crippen LogP contribution >= 0.6 is 0 Å². The molecule has 1 aromatic carbocycles. The van der Waals surface area contributed by atoms with Gasteiger partial charge in [-0.1, -0.05) is 49.1 Å². The maximum atomic E-state index is 5.86. The monoisotopic (exact) mass is 185 g/mol. The minimum Gasteiger partial charge on any atom is -0.398 e. The van der Waals surface area contributed by atoms with E-state index in [0.717, 1.165) is 16.8 Å². The summed E-state index contributed by atoms with van der Waals surface area (Å²) in [5.74, 6) is 0. The number of nitrogens with two attached hydrogens (primary N) is 1. The van der Waals surface area contributed by atoms with Gasteiger partial charge in [-0.2, -0.15) is 0 Å². The summed E-state index contributed by atoms with van der Waals surface area (Å²) >= 11 is 0. The predicted octanol–water partition coefficient (Wildman–Crippen LogP) is 3.41. The Morgan fingerprint density at radius 3 is 2.64 bits per heavy atom. The Morgan fingerprint density at radius 1 is 1.36 bits per heavy atom. The number of para-hydroxylation sites is 1. The summed E-state index contributed by atoms with van der Waals surface area (Å²) in [6.07, 6.45) is 7.76. The highest BCUT2D eigenvalue weighted by molar-refractivity contribution is 5.81. The molecule has 0 aliphatic rings. The van der Waals surface area contributed by atoms with Crippen LogP contribution in [0.2, 0.25) is 0 Å². The summed E-state index contributed by atoms with van der Waals surface area (Å²) in [6, 6.07) is 7.78. The van der Waals surface area contributed by atoms with Crippen LogP contribution in [0.15, 0.2) is 55.1 Å². The van der Waals surface area contributed by atoms with Crippen molar-refractivity contribution in [2.75, 3.05) is 5.73 Å². The largest absolute Gasteiger partial charge is 0.398 e. The van der Waals surface area contributed by atoms with Gasteiger partial charge in [0, 0.05) is 11.3 Å². The molecule has 1 rings (SSSR count). The minimum atomic E-state index is 0.781. The molecule has 0 aliphatic heterocycles. The standard InChI is InChI=1S/C13H15N/c1-3-5-8-11(4-2)12-9-6-7-10-13(12)14/h3-10H,2,14H2,1H3/b5-3-,11-8+. The second-order valence-electron chi connectivity index (χ2n) is 2.94. The van der Waals surface area contributed by atoms with Gasteiger partial charge in [0.1, 0.15) is 0 Å². The zero-order chi connectivity index (χ0) is 10.4. The van der Waals surface area contributed by atoms with E-state index >= 15 is 0 Å². The van der Waals surface area contributed by atoms with E-state index < -0.39 is 0 Å². The lowest BCUT2D eigenvalue weighted by atomic mass is 10.0. The molecule has 14 heavy (non-hydrogen) atoms. The van der Waals surface area contributed by atoms with Crippen LogP contribution < -0.4 is 5.73 Å². The second-order valence-corrected chi connectivity index (χ2v) is 2.94. The van der Waals surface area contributed by atoms with Crippen molar-refractivity contribution < 1.29 is 0 Å². The van der Waals surface area contributed by atoms with Gasteiger partial charge >= 0.3 is 0 Å². The van der Waals surface area contributed by atoms with E-state index in [1.54, 1.807) is 0 Å². The summed E-state index contributed by atoms with van der Waals surface area (Å²) in [6.45, 7) is 5.75. The minimum absolute atomic E-state index is 0.781. The second kappa shape index (κ2) is 5.07. The van der Waals surface area contributed by atoms with Gasteiger partial charge in [-0.15, -0.1) is 0 Å². The maximum Gasteiger partial charge on any atom is 0.0393 e. The van der Waals surface area contributed by atoms with E-state index in [2.05, 4.69) is 6.58 Å². The number of nitrogen functional groups attached to an aromatic ring is 1. The van der Waals surface area contributed by atoms with E-state index in [0.29, 0.717) is 0 Å². The van der Waals surface area contributed by atoms with Crippen molar-refractivity contribution in [2.45, 2.75) is 6.92 Å². The Morgan fingerprint density at radius 2 is 2.07 bits per heavy atom. The molecule has 1 heteroatoms. The van der Waals surface area contributed by atoms with Crippen LogP contribution in [0, 0.1) is 0 Å². The lowest BCUT2D eigenvalue weighted by molar-refractivity contribution is 1.60. The van der Waals surface area contributed by atoms with Crippen molar-refractivity contribution in [3.63, 3.8) is 0 Å². The molecule has 1 nitrogen and oxygen atoms in total. The van der Waals surface area contributed by atoms with Gasteiger partial charge in [0.25, 0.3) is 0 Å². The summed E-state index contributed by atoms with van der Waals surface area (Å²) in [4.78, 5) is 0. The van der Waals surface area contributed by atoms with Crippen LogP contribution in [0.5, 0.6) is 0 Å². The molecule has 0 saturated carbocycles. The molecule has 0 unspecified atom stereocenters. The molecule has 0 aliphatic carbocycles. The Hall–Kier alpha value is -1.76. The average molecular weight is 185 g/mol. The van der Waals surface area contributed by atoms with Gasteiger partial charge in [0.15, 0.2) is 0 Å². The number of benzene rings is 1. The molecule has 72 valence electrons. The number of allylic oxidation sites excluding steroid dienone is 5. The summed E-state index contributed by atoms with van der Waals surface area (Å²) in [7, 11) is 0. The lowest BCUT2D eigenvalue weighted by Crippen LogP contribution is -1.91. The predicted molar refractivity (Wildman–Crippen MR) is 63.8 cm³/mol. The Kier molecular flexibility index (Phi) is 3.74. The fraction of sp³-hybridized carbons (Fsp3) is 0.0769. The SMILES string of the molecule is C=C/C(=C\C=C/C)c1ccccc1N. The third-order valence-electron chi connectivity index (χ3n) is 1.96. The molecule has 0 atom stereocenters. The zero-order valence-corrected chi connectivity index (χ0v) is 8.40. The first-order chi connectivity index (χ1) is 6.79. The molecule has 1 aromatic rings. The van der Waals surface area contributed by atoms with Crippen molar-refractivity contribution in [3.05, 3.63) is 60.7 Å². The Balaban J connectivity index is 3.13. The van der Waals surface area contributed by atoms with Crippen LogP contribution in [0.1, 0.15) is 12.5 Å². The van der Waals surface area contributed by atoms with Crippen molar-refractivity contribution in [3.8, 4) is 0 Å². The molecular formula is C13H15N. The molecule has 0 heterocycles. The van der Waals surface area contributed by atoms with Crippen LogP contribution in [0.25, 0.3) is 5.57 Å². The van der Waals surface area contributed by atoms with Gasteiger partial charge in [0.2, 0.25) is 0 Å². The molecule has 2 N–H and O–H groups in total. The van der Waals surface area contributed by atoms with E-state index in [-0.39, 0.29) is 0 Å².